The Kier molecular flexibility index (Phi) is 9.86. The molecule has 0 aromatic heterocycles. The van der Waals surface area contributed by atoms with Gasteiger partial charge in [-0.2, -0.15) is 0 Å². The van der Waals surface area contributed by atoms with E-state index < -0.39 is 66.3 Å². The van der Waals surface area contributed by atoms with Gasteiger partial charge >= 0.3 is 23.9 Å². The van der Waals surface area contributed by atoms with Crippen molar-refractivity contribution < 1.29 is 52.3 Å². The largest absolute Gasteiger partial charge is 0.469 e. The number of hydrogen-bond acceptors (Lipinski definition) is 11. The Balaban J connectivity index is 1.91. The molecule has 0 bridgehead atoms. The van der Waals surface area contributed by atoms with E-state index in [4.69, 9.17) is 28.4 Å². The molecule has 2 aliphatic heterocycles. The molecule has 0 radical (unpaired) electrons. The second-order valence-electron chi connectivity index (χ2n) is 9.29. The molecule has 0 aromatic rings. The van der Waals surface area contributed by atoms with E-state index >= 15 is 0 Å². The van der Waals surface area contributed by atoms with E-state index in [0.29, 0.717) is 12.8 Å². The van der Waals surface area contributed by atoms with Crippen LogP contribution in [0.2, 0.25) is 0 Å². The third kappa shape index (κ3) is 7.27. The van der Waals surface area contributed by atoms with Crippen molar-refractivity contribution in [1.82, 2.24) is 0 Å². The Morgan fingerprint density at radius 3 is 2.25 bits per heavy atom. The fourth-order valence-corrected chi connectivity index (χ4v) is 4.99. The van der Waals surface area contributed by atoms with Crippen molar-refractivity contribution in [2.75, 3.05) is 13.7 Å². The van der Waals surface area contributed by atoms with Gasteiger partial charge in [0, 0.05) is 33.6 Å². The second-order valence-corrected chi connectivity index (χ2v) is 9.29. The topological polar surface area (TPSA) is 133 Å². The zero-order chi connectivity index (χ0) is 26.3. The molecule has 3 rings (SSSR count). The van der Waals surface area contributed by atoms with Gasteiger partial charge in [-0.3, -0.25) is 19.2 Å². The van der Waals surface area contributed by atoms with Crippen molar-refractivity contribution >= 4 is 23.9 Å². The number of carbonyl (C=O) groups excluding carboxylic acids is 4. The molecule has 1 saturated carbocycles. The van der Waals surface area contributed by atoms with Gasteiger partial charge in [0.1, 0.15) is 31.0 Å². The summed E-state index contributed by atoms with van der Waals surface area (Å²) in [4.78, 5) is 46.9. The molecule has 36 heavy (non-hydrogen) atoms. The molecule has 2 heterocycles. The maximum atomic E-state index is 12.0. The lowest BCUT2D eigenvalue weighted by atomic mass is 9.90. The molecule has 6 atom stereocenters. The van der Waals surface area contributed by atoms with Crippen LogP contribution in [0.25, 0.3) is 0 Å². The average molecular weight is 513 g/mol. The van der Waals surface area contributed by atoms with Gasteiger partial charge in [0.2, 0.25) is 0 Å². The summed E-state index contributed by atoms with van der Waals surface area (Å²) in [6.07, 6.45) is 3.19. The third-order valence-corrected chi connectivity index (χ3v) is 6.47. The van der Waals surface area contributed by atoms with Crippen LogP contribution in [-0.4, -0.2) is 80.0 Å². The first-order valence-corrected chi connectivity index (χ1v) is 12.3. The first-order chi connectivity index (χ1) is 17.1. The zero-order valence-corrected chi connectivity index (χ0v) is 21.3. The number of ether oxygens (including phenoxy) is 7. The third-order valence-electron chi connectivity index (χ3n) is 6.47. The maximum Gasteiger partial charge on any atom is 0.309 e. The van der Waals surface area contributed by atoms with Gasteiger partial charge in [0.25, 0.3) is 0 Å². The fourth-order valence-electron chi connectivity index (χ4n) is 4.99. The fraction of sp³-hybridized carbons (Fsp3) is 0.760. The standard InChI is InChI=1S/C25H36O11/c1-15(26)31-14-19(32-16(2)27)22-24-23(35-25(36-24)12-8-5-9-13-25)21(33-17(3)28)18(34-22)10-6-7-11-20(29)30-4/h6-7,18-19,21-24H,5,8-14H2,1-4H3/b7-6+/t18-,19+,21-,22-,23-,24+/m0/s1. The first kappa shape index (κ1) is 28.1. The van der Waals surface area contributed by atoms with Gasteiger partial charge in [-0.05, 0) is 19.3 Å². The molecule has 11 nitrogen and oxygen atoms in total. The highest BCUT2D eigenvalue weighted by Crippen LogP contribution is 2.46. The minimum atomic E-state index is -0.971. The van der Waals surface area contributed by atoms with Gasteiger partial charge in [-0.1, -0.05) is 18.6 Å². The van der Waals surface area contributed by atoms with E-state index in [2.05, 4.69) is 4.74 Å². The predicted molar refractivity (Wildman–Crippen MR) is 122 cm³/mol. The number of hydrogen-bond donors (Lipinski definition) is 0. The van der Waals surface area contributed by atoms with E-state index in [-0.39, 0.29) is 19.4 Å². The van der Waals surface area contributed by atoms with Gasteiger partial charge in [0.15, 0.2) is 18.0 Å². The molecule has 0 unspecified atom stereocenters. The molecule has 0 amide bonds. The molecular weight excluding hydrogens is 476 g/mol. The highest BCUT2D eigenvalue weighted by Gasteiger charge is 2.60. The lowest BCUT2D eigenvalue weighted by molar-refractivity contribution is -0.232. The van der Waals surface area contributed by atoms with E-state index in [1.54, 1.807) is 12.2 Å². The summed E-state index contributed by atoms with van der Waals surface area (Å²) >= 11 is 0. The SMILES string of the molecule is COC(=O)C/C=C/C[C@@H]1O[C@@H]([C@@H](COC(C)=O)OC(C)=O)[C@H]2OC3(CCCCC3)O[C@H]2[C@H]1OC(C)=O. The van der Waals surface area contributed by atoms with E-state index in [0.717, 1.165) is 19.3 Å². The van der Waals surface area contributed by atoms with Crippen molar-refractivity contribution in [1.29, 1.82) is 0 Å². The summed E-state index contributed by atoms with van der Waals surface area (Å²) in [6.45, 7) is 3.58. The zero-order valence-electron chi connectivity index (χ0n) is 21.3. The molecule has 202 valence electrons. The second kappa shape index (κ2) is 12.6. The molecule has 3 fully saturated rings. The Morgan fingerprint density at radius 1 is 0.944 bits per heavy atom. The number of carbonyl (C=O) groups is 4. The van der Waals surface area contributed by atoms with Crippen LogP contribution in [0.5, 0.6) is 0 Å². The van der Waals surface area contributed by atoms with Crippen LogP contribution >= 0.6 is 0 Å². The molecule has 0 aromatic carbocycles. The number of esters is 4. The highest BCUT2D eigenvalue weighted by molar-refractivity contribution is 5.70. The monoisotopic (exact) mass is 512 g/mol. The van der Waals surface area contributed by atoms with Crippen molar-refractivity contribution in [2.45, 2.75) is 108 Å². The average Bonchev–Trinajstić information content (AvgIpc) is 3.18. The maximum absolute atomic E-state index is 12.0. The van der Waals surface area contributed by atoms with Crippen molar-refractivity contribution in [3.05, 3.63) is 12.2 Å². The first-order valence-electron chi connectivity index (χ1n) is 12.3. The van der Waals surface area contributed by atoms with Gasteiger partial charge < -0.3 is 33.2 Å². The summed E-state index contributed by atoms with van der Waals surface area (Å²) < 4.78 is 40.3. The molecule has 0 N–H and O–H groups in total. The summed E-state index contributed by atoms with van der Waals surface area (Å²) in [5, 5.41) is 0. The van der Waals surface area contributed by atoms with Crippen LogP contribution in [0, 0.1) is 0 Å². The van der Waals surface area contributed by atoms with E-state index in [9.17, 15) is 19.2 Å². The summed E-state index contributed by atoms with van der Waals surface area (Å²) in [7, 11) is 1.30. The Labute approximate surface area is 210 Å². The van der Waals surface area contributed by atoms with E-state index in [1.165, 1.54) is 27.9 Å². The van der Waals surface area contributed by atoms with Crippen LogP contribution in [0.3, 0.4) is 0 Å². The van der Waals surface area contributed by atoms with Crippen molar-refractivity contribution in [3.63, 3.8) is 0 Å². The van der Waals surface area contributed by atoms with E-state index in [1.807, 2.05) is 0 Å². The summed E-state index contributed by atoms with van der Waals surface area (Å²) in [5.41, 5.74) is 0. The Hall–Kier alpha value is -2.50. The minimum absolute atomic E-state index is 0.0716. The number of rotatable bonds is 9. The lowest BCUT2D eigenvalue weighted by Crippen LogP contribution is -2.61. The quantitative estimate of drug-likeness (QED) is 0.256. The van der Waals surface area contributed by atoms with Crippen LogP contribution in [-0.2, 0) is 52.3 Å². The molecule has 3 aliphatic rings. The molecule has 11 heteroatoms. The molecular formula is C25H36O11. The molecule has 2 saturated heterocycles. The number of fused-ring (bicyclic) bond motifs is 1. The molecule has 1 spiro atoms. The Morgan fingerprint density at radius 2 is 1.64 bits per heavy atom. The van der Waals surface area contributed by atoms with Gasteiger partial charge in [-0.15, -0.1) is 0 Å². The van der Waals surface area contributed by atoms with Crippen LogP contribution in [0.1, 0.15) is 65.7 Å². The lowest BCUT2D eigenvalue weighted by Gasteiger charge is -2.43. The van der Waals surface area contributed by atoms with Crippen LogP contribution in [0.4, 0.5) is 0 Å². The predicted octanol–water partition coefficient (Wildman–Crippen LogP) is 2.13. The van der Waals surface area contributed by atoms with Crippen LogP contribution < -0.4 is 0 Å². The Bertz CT molecular complexity index is 832. The van der Waals surface area contributed by atoms with Gasteiger partial charge in [-0.25, -0.2) is 0 Å². The van der Waals surface area contributed by atoms with Gasteiger partial charge in [0.05, 0.1) is 13.5 Å². The van der Waals surface area contributed by atoms with Crippen molar-refractivity contribution in [3.8, 4) is 0 Å². The smallest absolute Gasteiger partial charge is 0.309 e. The molecule has 1 aliphatic carbocycles. The highest BCUT2D eigenvalue weighted by atomic mass is 16.8. The minimum Gasteiger partial charge on any atom is -0.469 e. The summed E-state index contributed by atoms with van der Waals surface area (Å²) in [5.74, 6) is -2.87. The van der Waals surface area contributed by atoms with Crippen molar-refractivity contribution in [2.24, 2.45) is 0 Å². The number of methoxy groups -OCH3 is 1. The normalized spacial score (nSPS) is 29.8. The summed E-state index contributed by atoms with van der Waals surface area (Å²) in [6, 6.07) is 0. The van der Waals surface area contributed by atoms with Crippen LogP contribution in [0.15, 0.2) is 12.2 Å².